The second kappa shape index (κ2) is 8.32. The third-order valence-corrected chi connectivity index (χ3v) is 3.76. The van der Waals surface area contributed by atoms with Crippen LogP contribution in [0.5, 0.6) is 0 Å². The number of rotatable bonds is 7. The highest BCUT2D eigenvalue weighted by molar-refractivity contribution is 5.75. The first-order valence-corrected chi connectivity index (χ1v) is 7.71. The number of halogens is 1. The van der Waals surface area contributed by atoms with Crippen molar-refractivity contribution in [3.8, 4) is 0 Å². The second-order valence-corrected chi connectivity index (χ2v) is 5.60. The van der Waals surface area contributed by atoms with Crippen molar-refractivity contribution in [1.29, 1.82) is 0 Å². The van der Waals surface area contributed by atoms with Gasteiger partial charge in [-0.15, -0.1) is 0 Å². The topological polar surface area (TPSA) is 29.1 Å². The molecule has 3 heteroatoms. The lowest BCUT2D eigenvalue weighted by atomic mass is 10.0. The number of amides is 1. The molecule has 2 rings (SSSR count). The minimum absolute atomic E-state index is 0.0740. The maximum Gasteiger partial charge on any atom is 0.220 e. The number of carbonyl (C=O) groups is 1. The first kappa shape index (κ1) is 16.2. The molecule has 0 spiro atoms. The van der Waals surface area contributed by atoms with Crippen molar-refractivity contribution in [2.75, 3.05) is 6.54 Å². The van der Waals surface area contributed by atoms with Gasteiger partial charge in [0.2, 0.25) is 5.91 Å². The monoisotopic (exact) mass is 299 g/mol. The summed E-state index contributed by atoms with van der Waals surface area (Å²) in [7, 11) is 0. The van der Waals surface area contributed by atoms with Crippen LogP contribution in [0.2, 0.25) is 0 Å². The van der Waals surface area contributed by atoms with Gasteiger partial charge < -0.3 is 5.32 Å². The molecule has 0 saturated carbocycles. The predicted octanol–water partition coefficient (Wildman–Crippen LogP) is 4.07. The molecule has 0 radical (unpaired) electrons. The summed E-state index contributed by atoms with van der Waals surface area (Å²) in [5.74, 6) is 0.0180. The molecule has 1 N–H and O–H groups in total. The number of carbonyl (C=O) groups excluding carboxylic acids is 1. The van der Waals surface area contributed by atoms with Crippen LogP contribution >= 0.6 is 0 Å². The molecule has 0 aliphatic heterocycles. The molecule has 1 unspecified atom stereocenters. The van der Waals surface area contributed by atoms with E-state index < -0.39 is 0 Å². The predicted molar refractivity (Wildman–Crippen MR) is 87.2 cm³/mol. The smallest absolute Gasteiger partial charge is 0.220 e. The molecular formula is C19H22FNO. The van der Waals surface area contributed by atoms with Gasteiger partial charge in [-0.2, -0.15) is 0 Å². The van der Waals surface area contributed by atoms with E-state index in [1.165, 1.54) is 17.7 Å². The molecule has 1 amide bonds. The van der Waals surface area contributed by atoms with Crippen LogP contribution in [0.15, 0.2) is 54.6 Å². The Morgan fingerprint density at radius 1 is 1.09 bits per heavy atom. The van der Waals surface area contributed by atoms with Crippen LogP contribution in [0.1, 0.15) is 36.8 Å². The molecule has 0 aliphatic rings. The standard InChI is InChI=1S/C19H22FNO/c1-15(17-10-12-18(20)13-11-17)14-21-19(22)9-5-8-16-6-3-2-4-7-16/h2-4,6-7,10-13,15H,5,8-9,14H2,1H3,(H,21,22). The van der Waals surface area contributed by atoms with Crippen LogP contribution in [-0.4, -0.2) is 12.5 Å². The maximum absolute atomic E-state index is 12.9. The summed E-state index contributed by atoms with van der Waals surface area (Å²) in [6.45, 7) is 2.60. The van der Waals surface area contributed by atoms with Crippen molar-refractivity contribution in [1.82, 2.24) is 5.32 Å². The highest BCUT2D eigenvalue weighted by Crippen LogP contribution is 2.14. The van der Waals surface area contributed by atoms with Crippen LogP contribution in [0.25, 0.3) is 0 Å². The Kier molecular flexibility index (Phi) is 6.13. The van der Waals surface area contributed by atoms with Crippen molar-refractivity contribution < 1.29 is 9.18 Å². The first-order chi connectivity index (χ1) is 10.6. The third-order valence-electron chi connectivity index (χ3n) is 3.76. The van der Waals surface area contributed by atoms with E-state index in [2.05, 4.69) is 17.4 Å². The maximum atomic E-state index is 12.9. The Bertz CT molecular complexity index is 580. The van der Waals surface area contributed by atoms with Crippen LogP contribution in [0.3, 0.4) is 0 Å². The van der Waals surface area contributed by atoms with Crippen molar-refractivity contribution >= 4 is 5.91 Å². The zero-order chi connectivity index (χ0) is 15.8. The van der Waals surface area contributed by atoms with Crippen molar-refractivity contribution in [3.63, 3.8) is 0 Å². The van der Waals surface area contributed by atoms with Crippen molar-refractivity contribution in [2.45, 2.75) is 32.1 Å². The van der Waals surface area contributed by atoms with Crippen LogP contribution < -0.4 is 5.32 Å². The molecule has 0 bridgehead atoms. The van der Waals surface area contributed by atoms with Gasteiger partial charge in [-0.3, -0.25) is 4.79 Å². The highest BCUT2D eigenvalue weighted by atomic mass is 19.1. The number of aryl methyl sites for hydroxylation is 1. The minimum Gasteiger partial charge on any atom is -0.356 e. The molecule has 2 aromatic carbocycles. The molecule has 2 aromatic rings. The average molecular weight is 299 g/mol. The second-order valence-electron chi connectivity index (χ2n) is 5.60. The molecule has 2 nitrogen and oxygen atoms in total. The fraction of sp³-hybridized carbons (Fsp3) is 0.316. The Labute approximate surface area is 131 Å². The molecule has 1 atom stereocenters. The Hall–Kier alpha value is -2.16. The summed E-state index contributed by atoms with van der Waals surface area (Å²) in [5, 5.41) is 2.95. The summed E-state index contributed by atoms with van der Waals surface area (Å²) < 4.78 is 12.9. The van der Waals surface area contributed by atoms with E-state index in [0.717, 1.165) is 18.4 Å². The molecule has 0 aliphatic carbocycles. The van der Waals surface area contributed by atoms with Crippen LogP contribution in [0, 0.1) is 5.82 Å². The van der Waals surface area contributed by atoms with Gasteiger partial charge in [0, 0.05) is 13.0 Å². The normalized spacial score (nSPS) is 11.9. The summed E-state index contributed by atoms with van der Waals surface area (Å²) in [6.07, 6.45) is 2.30. The lowest BCUT2D eigenvalue weighted by Crippen LogP contribution is -2.27. The Balaban J connectivity index is 1.68. The fourth-order valence-electron chi connectivity index (χ4n) is 2.36. The minimum atomic E-state index is -0.235. The number of benzene rings is 2. The number of nitrogens with one attached hydrogen (secondary N) is 1. The largest absolute Gasteiger partial charge is 0.356 e. The van der Waals surface area contributed by atoms with E-state index in [0.29, 0.717) is 13.0 Å². The van der Waals surface area contributed by atoms with E-state index in [-0.39, 0.29) is 17.6 Å². The van der Waals surface area contributed by atoms with Crippen LogP contribution in [-0.2, 0) is 11.2 Å². The zero-order valence-electron chi connectivity index (χ0n) is 12.9. The molecular weight excluding hydrogens is 277 g/mol. The van der Waals surface area contributed by atoms with Crippen molar-refractivity contribution in [3.05, 3.63) is 71.5 Å². The van der Waals surface area contributed by atoms with Gasteiger partial charge in [-0.25, -0.2) is 4.39 Å². The van der Waals surface area contributed by atoms with E-state index in [1.807, 2.05) is 25.1 Å². The highest BCUT2D eigenvalue weighted by Gasteiger charge is 2.08. The average Bonchev–Trinajstić information content (AvgIpc) is 2.54. The van der Waals surface area contributed by atoms with E-state index >= 15 is 0 Å². The van der Waals surface area contributed by atoms with E-state index in [1.54, 1.807) is 12.1 Å². The summed E-state index contributed by atoms with van der Waals surface area (Å²) in [5.41, 5.74) is 2.29. The van der Waals surface area contributed by atoms with Gasteiger partial charge in [0.1, 0.15) is 5.82 Å². The van der Waals surface area contributed by atoms with Gasteiger partial charge in [0.05, 0.1) is 0 Å². The third kappa shape index (κ3) is 5.32. The van der Waals surface area contributed by atoms with Gasteiger partial charge in [0.25, 0.3) is 0 Å². The van der Waals surface area contributed by atoms with Gasteiger partial charge in [0.15, 0.2) is 0 Å². The quantitative estimate of drug-likeness (QED) is 0.820. The summed E-state index contributed by atoms with van der Waals surface area (Å²) >= 11 is 0. The van der Waals surface area contributed by atoms with Crippen molar-refractivity contribution in [2.24, 2.45) is 0 Å². The number of hydrogen-bond acceptors (Lipinski definition) is 1. The van der Waals surface area contributed by atoms with Crippen LogP contribution in [0.4, 0.5) is 4.39 Å². The number of hydrogen-bond donors (Lipinski definition) is 1. The lowest BCUT2D eigenvalue weighted by Gasteiger charge is -2.13. The Morgan fingerprint density at radius 2 is 1.77 bits per heavy atom. The lowest BCUT2D eigenvalue weighted by molar-refractivity contribution is -0.121. The van der Waals surface area contributed by atoms with Gasteiger partial charge in [-0.05, 0) is 42.0 Å². The molecule has 0 fully saturated rings. The zero-order valence-corrected chi connectivity index (χ0v) is 12.9. The first-order valence-electron chi connectivity index (χ1n) is 7.71. The fourth-order valence-corrected chi connectivity index (χ4v) is 2.36. The molecule has 0 heterocycles. The molecule has 0 aromatic heterocycles. The van der Waals surface area contributed by atoms with E-state index in [9.17, 15) is 9.18 Å². The summed E-state index contributed by atoms with van der Waals surface area (Å²) in [6, 6.07) is 16.6. The molecule has 116 valence electrons. The van der Waals surface area contributed by atoms with E-state index in [4.69, 9.17) is 0 Å². The summed E-state index contributed by atoms with van der Waals surface area (Å²) in [4.78, 5) is 11.9. The SMILES string of the molecule is CC(CNC(=O)CCCc1ccccc1)c1ccc(F)cc1. The van der Waals surface area contributed by atoms with Gasteiger partial charge >= 0.3 is 0 Å². The molecule has 22 heavy (non-hydrogen) atoms. The molecule has 0 saturated heterocycles. The van der Waals surface area contributed by atoms with Gasteiger partial charge in [-0.1, -0.05) is 49.4 Å². The Morgan fingerprint density at radius 3 is 2.45 bits per heavy atom.